The molecule has 4 nitrogen and oxygen atoms in total. The van der Waals surface area contributed by atoms with Gasteiger partial charge in [-0.15, -0.1) is 0 Å². The predicted octanol–water partition coefficient (Wildman–Crippen LogP) is 1.43. The summed E-state index contributed by atoms with van der Waals surface area (Å²) in [6.45, 7) is 4.16. The van der Waals surface area contributed by atoms with Gasteiger partial charge in [0.25, 0.3) is 0 Å². The molecule has 0 aliphatic carbocycles. The quantitative estimate of drug-likeness (QED) is 0.887. The molecule has 2 aliphatic heterocycles. The number of carbonyl (C=O) groups is 1. The van der Waals surface area contributed by atoms with Crippen molar-refractivity contribution in [2.24, 2.45) is 17.6 Å². The lowest BCUT2D eigenvalue weighted by Gasteiger charge is -2.28. The summed E-state index contributed by atoms with van der Waals surface area (Å²) in [5.74, 6) is 1.54. The Morgan fingerprint density at radius 3 is 3.00 bits per heavy atom. The molecular weight excluding hydrogens is 252 g/mol. The van der Waals surface area contributed by atoms with Gasteiger partial charge in [-0.05, 0) is 37.3 Å². The van der Waals surface area contributed by atoms with E-state index in [1.807, 2.05) is 36.1 Å². The van der Waals surface area contributed by atoms with Gasteiger partial charge in [0.05, 0.1) is 5.92 Å². The zero-order valence-corrected chi connectivity index (χ0v) is 11.9. The summed E-state index contributed by atoms with van der Waals surface area (Å²) in [6, 6.07) is 8.14. The summed E-state index contributed by atoms with van der Waals surface area (Å²) < 4.78 is 5.72. The highest BCUT2D eigenvalue weighted by Gasteiger charge is 2.34. The standard InChI is InChI=1S/C16H22N2O2/c1-11(17)13-6-7-18(9-13)16(19)14-8-12-4-2-3-5-15(12)20-10-14/h2-5,11,13-14H,6-10,17H2,1H3. The van der Waals surface area contributed by atoms with Crippen LogP contribution in [0.1, 0.15) is 18.9 Å². The fourth-order valence-electron chi connectivity index (χ4n) is 3.16. The molecule has 3 unspecified atom stereocenters. The topological polar surface area (TPSA) is 55.6 Å². The normalized spacial score (nSPS) is 26.8. The highest BCUT2D eigenvalue weighted by atomic mass is 16.5. The Kier molecular flexibility index (Phi) is 3.66. The molecule has 3 atom stereocenters. The molecule has 2 aliphatic rings. The fourth-order valence-corrected chi connectivity index (χ4v) is 3.16. The summed E-state index contributed by atoms with van der Waals surface area (Å²) in [4.78, 5) is 14.6. The van der Waals surface area contributed by atoms with Gasteiger partial charge in [-0.2, -0.15) is 0 Å². The van der Waals surface area contributed by atoms with Crippen molar-refractivity contribution in [2.45, 2.75) is 25.8 Å². The van der Waals surface area contributed by atoms with Crippen LogP contribution in [-0.2, 0) is 11.2 Å². The number of amides is 1. The van der Waals surface area contributed by atoms with E-state index in [1.54, 1.807) is 0 Å². The zero-order chi connectivity index (χ0) is 14.1. The molecule has 1 fully saturated rings. The van der Waals surface area contributed by atoms with Crippen molar-refractivity contribution in [3.8, 4) is 5.75 Å². The number of carbonyl (C=O) groups excluding carboxylic acids is 1. The average molecular weight is 274 g/mol. The van der Waals surface area contributed by atoms with E-state index in [2.05, 4.69) is 0 Å². The van der Waals surface area contributed by atoms with Crippen molar-refractivity contribution in [1.82, 2.24) is 4.90 Å². The van der Waals surface area contributed by atoms with Crippen LogP contribution in [0.4, 0.5) is 0 Å². The third-order valence-electron chi connectivity index (χ3n) is 4.51. The summed E-state index contributed by atoms with van der Waals surface area (Å²) >= 11 is 0. The van der Waals surface area contributed by atoms with Crippen LogP contribution < -0.4 is 10.5 Å². The van der Waals surface area contributed by atoms with Gasteiger partial charge in [0.1, 0.15) is 12.4 Å². The molecule has 2 N–H and O–H groups in total. The van der Waals surface area contributed by atoms with Crippen molar-refractivity contribution in [3.63, 3.8) is 0 Å². The Labute approximate surface area is 119 Å². The molecule has 1 saturated heterocycles. The van der Waals surface area contributed by atoms with Crippen molar-refractivity contribution in [3.05, 3.63) is 29.8 Å². The van der Waals surface area contributed by atoms with Gasteiger partial charge in [-0.3, -0.25) is 4.79 Å². The minimum absolute atomic E-state index is 0.0447. The van der Waals surface area contributed by atoms with E-state index in [0.29, 0.717) is 12.5 Å². The largest absolute Gasteiger partial charge is 0.492 e. The summed E-state index contributed by atoms with van der Waals surface area (Å²) in [6.07, 6.45) is 1.81. The number of nitrogens with zero attached hydrogens (tertiary/aromatic N) is 1. The van der Waals surface area contributed by atoms with Gasteiger partial charge in [-0.25, -0.2) is 0 Å². The van der Waals surface area contributed by atoms with Crippen LogP contribution in [0, 0.1) is 11.8 Å². The van der Waals surface area contributed by atoms with Crippen molar-refractivity contribution < 1.29 is 9.53 Å². The second-order valence-electron chi connectivity index (χ2n) is 6.01. The number of nitrogens with two attached hydrogens (primary N) is 1. The zero-order valence-electron chi connectivity index (χ0n) is 11.9. The Hall–Kier alpha value is -1.55. The molecular formula is C16H22N2O2. The van der Waals surface area contributed by atoms with Gasteiger partial charge in [0, 0.05) is 19.1 Å². The molecule has 1 aromatic rings. The van der Waals surface area contributed by atoms with Crippen LogP contribution in [-0.4, -0.2) is 36.5 Å². The number of likely N-dealkylation sites (tertiary alicyclic amines) is 1. The third-order valence-corrected chi connectivity index (χ3v) is 4.51. The molecule has 4 heteroatoms. The molecule has 3 rings (SSSR count). The minimum atomic E-state index is -0.0447. The Bertz CT molecular complexity index is 501. The number of fused-ring (bicyclic) bond motifs is 1. The molecule has 0 spiro atoms. The molecule has 0 radical (unpaired) electrons. The first-order valence-electron chi connectivity index (χ1n) is 7.40. The number of rotatable bonds is 2. The van der Waals surface area contributed by atoms with E-state index in [-0.39, 0.29) is 17.9 Å². The SMILES string of the molecule is CC(N)C1CCN(C(=O)C2COc3ccccc3C2)C1. The van der Waals surface area contributed by atoms with Crippen molar-refractivity contribution >= 4 is 5.91 Å². The number of ether oxygens (including phenoxy) is 1. The number of hydrogen-bond donors (Lipinski definition) is 1. The van der Waals surface area contributed by atoms with E-state index in [1.165, 1.54) is 0 Å². The molecule has 20 heavy (non-hydrogen) atoms. The highest BCUT2D eigenvalue weighted by molar-refractivity contribution is 5.80. The second kappa shape index (κ2) is 5.44. The molecule has 1 aromatic carbocycles. The smallest absolute Gasteiger partial charge is 0.229 e. The lowest BCUT2D eigenvalue weighted by atomic mass is 9.95. The molecule has 0 aromatic heterocycles. The fraction of sp³-hybridized carbons (Fsp3) is 0.562. The lowest BCUT2D eigenvalue weighted by Crippen LogP contribution is -2.40. The van der Waals surface area contributed by atoms with Gasteiger partial charge >= 0.3 is 0 Å². The van der Waals surface area contributed by atoms with E-state index in [0.717, 1.165) is 37.2 Å². The number of hydrogen-bond acceptors (Lipinski definition) is 3. The maximum atomic E-state index is 12.6. The minimum Gasteiger partial charge on any atom is -0.492 e. The Morgan fingerprint density at radius 2 is 2.25 bits per heavy atom. The van der Waals surface area contributed by atoms with Crippen LogP contribution >= 0.6 is 0 Å². The first-order valence-corrected chi connectivity index (χ1v) is 7.40. The van der Waals surface area contributed by atoms with Gasteiger partial charge in [0.2, 0.25) is 5.91 Å². The second-order valence-corrected chi connectivity index (χ2v) is 6.01. The van der Waals surface area contributed by atoms with Crippen molar-refractivity contribution in [1.29, 1.82) is 0 Å². The third kappa shape index (κ3) is 2.52. The van der Waals surface area contributed by atoms with Crippen LogP contribution in [0.2, 0.25) is 0 Å². The van der Waals surface area contributed by atoms with Crippen LogP contribution in [0.5, 0.6) is 5.75 Å². The molecule has 2 heterocycles. The van der Waals surface area contributed by atoms with Crippen LogP contribution in [0.15, 0.2) is 24.3 Å². The first kappa shape index (κ1) is 13.4. The predicted molar refractivity (Wildman–Crippen MR) is 77.5 cm³/mol. The van der Waals surface area contributed by atoms with E-state index >= 15 is 0 Å². The van der Waals surface area contributed by atoms with Gasteiger partial charge in [-0.1, -0.05) is 18.2 Å². The number of para-hydroxylation sites is 1. The van der Waals surface area contributed by atoms with E-state index in [4.69, 9.17) is 10.5 Å². The lowest BCUT2D eigenvalue weighted by molar-refractivity contribution is -0.136. The molecule has 0 bridgehead atoms. The number of benzene rings is 1. The van der Waals surface area contributed by atoms with Crippen LogP contribution in [0.3, 0.4) is 0 Å². The Morgan fingerprint density at radius 1 is 1.45 bits per heavy atom. The first-order chi connectivity index (χ1) is 9.65. The highest BCUT2D eigenvalue weighted by Crippen LogP contribution is 2.29. The van der Waals surface area contributed by atoms with Crippen LogP contribution in [0.25, 0.3) is 0 Å². The average Bonchev–Trinajstić information content (AvgIpc) is 2.96. The maximum Gasteiger partial charge on any atom is 0.229 e. The maximum absolute atomic E-state index is 12.6. The van der Waals surface area contributed by atoms with E-state index < -0.39 is 0 Å². The van der Waals surface area contributed by atoms with Crippen molar-refractivity contribution in [2.75, 3.05) is 19.7 Å². The monoisotopic (exact) mass is 274 g/mol. The summed E-state index contributed by atoms with van der Waals surface area (Å²) in [5.41, 5.74) is 7.08. The summed E-state index contributed by atoms with van der Waals surface area (Å²) in [7, 11) is 0. The van der Waals surface area contributed by atoms with E-state index in [9.17, 15) is 4.79 Å². The Balaban J connectivity index is 1.65. The summed E-state index contributed by atoms with van der Waals surface area (Å²) in [5, 5.41) is 0. The van der Waals surface area contributed by atoms with Gasteiger partial charge < -0.3 is 15.4 Å². The molecule has 1 amide bonds. The molecule has 108 valence electrons. The van der Waals surface area contributed by atoms with Gasteiger partial charge in [0.15, 0.2) is 0 Å². The molecule has 0 saturated carbocycles.